The van der Waals surface area contributed by atoms with Crippen molar-refractivity contribution in [2.24, 2.45) is 0 Å². The summed E-state index contributed by atoms with van der Waals surface area (Å²) in [6.45, 7) is 0. The molecular weight excluding hydrogens is 386 g/mol. The van der Waals surface area contributed by atoms with Crippen molar-refractivity contribution in [2.45, 2.75) is 0 Å². The van der Waals surface area contributed by atoms with E-state index in [0.717, 1.165) is 27.1 Å². The predicted molar refractivity (Wildman–Crippen MR) is 116 cm³/mol. The van der Waals surface area contributed by atoms with Gasteiger partial charge in [-0.25, -0.2) is 0 Å². The molecule has 2 heterocycles. The van der Waals surface area contributed by atoms with Crippen molar-refractivity contribution < 1.29 is 14.6 Å². The van der Waals surface area contributed by atoms with Gasteiger partial charge >= 0.3 is 0 Å². The van der Waals surface area contributed by atoms with Crippen LogP contribution in [0.2, 0.25) is 5.02 Å². The number of hydrogen-bond acceptors (Lipinski definition) is 3. The number of furan rings is 1. The summed E-state index contributed by atoms with van der Waals surface area (Å²) in [5.74, 6) is 1.00. The fraction of sp³-hybridized carbons (Fsp3) is 0. The lowest BCUT2D eigenvalue weighted by Gasteiger charge is -2.05. The van der Waals surface area contributed by atoms with Crippen LogP contribution >= 0.6 is 11.6 Å². The van der Waals surface area contributed by atoms with Gasteiger partial charge in [0.05, 0.1) is 21.4 Å². The van der Waals surface area contributed by atoms with Crippen LogP contribution in [0.15, 0.2) is 77.2 Å². The average molecular weight is 400 g/mol. The molecule has 0 fully saturated rings. The Labute approximate surface area is 169 Å². The quantitative estimate of drug-likeness (QED) is 0.321. The molecule has 0 bridgehead atoms. The fourth-order valence-corrected chi connectivity index (χ4v) is 4.38. The van der Waals surface area contributed by atoms with Gasteiger partial charge in [-0.15, -0.1) is 0 Å². The second kappa shape index (κ2) is 5.69. The van der Waals surface area contributed by atoms with Crippen LogP contribution in [0.4, 0.5) is 0 Å². The van der Waals surface area contributed by atoms with E-state index in [0.29, 0.717) is 27.4 Å². The number of phenolic OH excluding ortho intramolecular Hbond substituents is 2. The standard InChI is InChI=1S/C24H14ClNO3/c25-18-7-8-20(28)23-17-3-1-2-4-19(17)26(24(18)23)22-12-15-9-13-5-6-16(27)10-14(13)11-21(15)29-22/h1-12,27-28H. The molecule has 0 aliphatic rings. The average Bonchev–Trinajstić information content (AvgIpc) is 3.28. The van der Waals surface area contributed by atoms with Crippen LogP contribution in [0.1, 0.15) is 0 Å². The van der Waals surface area contributed by atoms with Crippen LogP contribution in [0, 0.1) is 0 Å². The van der Waals surface area contributed by atoms with Crippen LogP contribution < -0.4 is 0 Å². The van der Waals surface area contributed by atoms with Crippen LogP contribution in [0.3, 0.4) is 0 Å². The summed E-state index contributed by atoms with van der Waals surface area (Å²) in [5, 5.41) is 25.3. The minimum atomic E-state index is 0.177. The summed E-state index contributed by atoms with van der Waals surface area (Å²) < 4.78 is 8.15. The van der Waals surface area contributed by atoms with Gasteiger partial charge < -0.3 is 14.6 Å². The van der Waals surface area contributed by atoms with Crippen molar-refractivity contribution in [3.63, 3.8) is 0 Å². The zero-order valence-electron chi connectivity index (χ0n) is 15.1. The number of aromatic nitrogens is 1. The first-order valence-corrected chi connectivity index (χ1v) is 9.55. The molecule has 0 atom stereocenters. The SMILES string of the molecule is Oc1ccc2cc3cc(-n4c5ccccc5c5c(O)ccc(Cl)c54)oc3cc2c1. The van der Waals surface area contributed by atoms with E-state index in [1.165, 1.54) is 0 Å². The van der Waals surface area contributed by atoms with Gasteiger partial charge in [-0.05, 0) is 53.2 Å². The van der Waals surface area contributed by atoms with Gasteiger partial charge in [0.2, 0.25) is 5.88 Å². The van der Waals surface area contributed by atoms with E-state index >= 15 is 0 Å². The molecule has 0 saturated heterocycles. The monoisotopic (exact) mass is 399 g/mol. The van der Waals surface area contributed by atoms with E-state index in [1.54, 1.807) is 24.3 Å². The number of phenols is 2. The maximum atomic E-state index is 10.5. The van der Waals surface area contributed by atoms with E-state index in [1.807, 2.05) is 53.1 Å². The van der Waals surface area contributed by atoms with Gasteiger partial charge in [0.1, 0.15) is 17.1 Å². The second-order valence-electron chi connectivity index (χ2n) is 7.15. The molecule has 2 N–H and O–H groups in total. The molecule has 29 heavy (non-hydrogen) atoms. The molecule has 4 nitrogen and oxygen atoms in total. The molecule has 0 saturated carbocycles. The predicted octanol–water partition coefficient (Wildman–Crippen LogP) is 6.75. The first kappa shape index (κ1) is 16.3. The molecule has 2 aromatic heterocycles. The molecule has 0 aliphatic heterocycles. The molecule has 0 spiro atoms. The van der Waals surface area contributed by atoms with Gasteiger partial charge in [-0.3, -0.25) is 4.57 Å². The van der Waals surface area contributed by atoms with Crippen LogP contribution in [0.5, 0.6) is 11.5 Å². The highest BCUT2D eigenvalue weighted by atomic mass is 35.5. The number of rotatable bonds is 1. The van der Waals surface area contributed by atoms with Crippen LogP contribution in [-0.4, -0.2) is 14.8 Å². The molecule has 140 valence electrons. The Kier molecular flexibility index (Phi) is 3.20. The minimum absolute atomic E-state index is 0.177. The topological polar surface area (TPSA) is 58.5 Å². The van der Waals surface area contributed by atoms with Crippen LogP contribution in [-0.2, 0) is 0 Å². The maximum absolute atomic E-state index is 10.5. The first-order valence-electron chi connectivity index (χ1n) is 9.17. The van der Waals surface area contributed by atoms with Crippen LogP contribution in [0.25, 0.3) is 49.4 Å². The normalized spacial score (nSPS) is 11.9. The molecule has 6 aromatic rings. The first-order chi connectivity index (χ1) is 14.1. The Balaban J connectivity index is 1.74. The summed E-state index contributed by atoms with van der Waals surface area (Å²) in [7, 11) is 0. The van der Waals surface area contributed by atoms with E-state index < -0.39 is 0 Å². The van der Waals surface area contributed by atoms with Gasteiger partial charge in [-0.2, -0.15) is 0 Å². The largest absolute Gasteiger partial charge is 0.508 e. The van der Waals surface area contributed by atoms with Crippen molar-refractivity contribution in [1.29, 1.82) is 0 Å². The molecular formula is C24H14ClNO3. The second-order valence-corrected chi connectivity index (χ2v) is 7.56. The lowest BCUT2D eigenvalue weighted by molar-refractivity contribution is 0.476. The van der Waals surface area contributed by atoms with E-state index in [2.05, 4.69) is 0 Å². The summed E-state index contributed by atoms with van der Waals surface area (Å²) in [5.41, 5.74) is 2.31. The lowest BCUT2D eigenvalue weighted by Crippen LogP contribution is -1.91. The highest BCUT2D eigenvalue weighted by Crippen LogP contribution is 2.41. The number of benzene rings is 4. The molecule has 0 aliphatic carbocycles. The van der Waals surface area contributed by atoms with Crippen molar-refractivity contribution in [2.75, 3.05) is 0 Å². The molecule has 5 heteroatoms. The summed E-state index contributed by atoms with van der Waals surface area (Å²) in [4.78, 5) is 0. The van der Waals surface area contributed by atoms with E-state index in [4.69, 9.17) is 16.0 Å². The van der Waals surface area contributed by atoms with E-state index in [-0.39, 0.29) is 11.5 Å². The third-order valence-electron chi connectivity index (χ3n) is 5.41. The Bertz CT molecular complexity index is 1590. The smallest absolute Gasteiger partial charge is 0.205 e. The zero-order valence-corrected chi connectivity index (χ0v) is 15.8. The molecule has 4 aromatic carbocycles. The molecule has 6 rings (SSSR count). The molecule has 0 unspecified atom stereocenters. The minimum Gasteiger partial charge on any atom is -0.508 e. The summed E-state index contributed by atoms with van der Waals surface area (Å²) in [6, 6.07) is 22.3. The number of fused-ring (bicyclic) bond motifs is 5. The number of hydrogen-bond donors (Lipinski definition) is 2. The van der Waals surface area contributed by atoms with Crippen molar-refractivity contribution >= 4 is 55.1 Å². The van der Waals surface area contributed by atoms with Crippen molar-refractivity contribution in [3.8, 4) is 17.4 Å². The maximum Gasteiger partial charge on any atom is 0.205 e. The third-order valence-corrected chi connectivity index (χ3v) is 5.72. The third kappa shape index (κ3) is 2.27. The number of nitrogens with zero attached hydrogens (tertiary/aromatic N) is 1. The highest BCUT2D eigenvalue weighted by Gasteiger charge is 2.19. The van der Waals surface area contributed by atoms with Crippen molar-refractivity contribution in [1.82, 2.24) is 4.57 Å². The molecule has 0 amide bonds. The lowest BCUT2D eigenvalue weighted by atomic mass is 10.1. The summed E-state index contributed by atoms with van der Waals surface area (Å²) >= 11 is 6.56. The molecule has 0 radical (unpaired) electrons. The zero-order chi connectivity index (χ0) is 19.7. The van der Waals surface area contributed by atoms with Gasteiger partial charge in [-0.1, -0.05) is 35.9 Å². The number of halogens is 1. The Hall–Kier alpha value is -3.63. The summed E-state index contributed by atoms with van der Waals surface area (Å²) in [6.07, 6.45) is 0. The highest BCUT2D eigenvalue weighted by molar-refractivity contribution is 6.37. The van der Waals surface area contributed by atoms with E-state index in [9.17, 15) is 10.2 Å². The Morgan fingerprint density at radius 1 is 0.793 bits per heavy atom. The van der Waals surface area contributed by atoms with Gasteiger partial charge in [0, 0.05) is 16.8 Å². The Morgan fingerprint density at radius 2 is 1.66 bits per heavy atom. The fourth-order valence-electron chi connectivity index (χ4n) is 4.14. The number of para-hydroxylation sites is 1. The van der Waals surface area contributed by atoms with Gasteiger partial charge in [0.15, 0.2) is 0 Å². The number of aromatic hydroxyl groups is 2. The van der Waals surface area contributed by atoms with Crippen molar-refractivity contribution in [3.05, 3.63) is 77.8 Å². The van der Waals surface area contributed by atoms with Gasteiger partial charge in [0.25, 0.3) is 0 Å². The Morgan fingerprint density at radius 3 is 2.55 bits per heavy atom.